The Morgan fingerprint density at radius 1 is 1.14 bits per heavy atom. The molecule has 36 heavy (non-hydrogen) atoms. The number of hydrogen-bond acceptors (Lipinski definition) is 2. The number of aromatic nitrogens is 3. The Morgan fingerprint density at radius 3 is 2.56 bits per heavy atom. The van der Waals surface area contributed by atoms with Crippen LogP contribution >= 0.6 is 0 Å². The summed E-state index contributed by atoms with van der Waals surface area (Å²) in [5, 5.41) is 3.67. The van der Waals surface area contributed by atoms with Gasteiger partial charge in [0.25, 0.3) is 0 Å². The zero-order valence-electron chi connectivity index (χ0n) is 20.1. The zero-order chi connectivity index (χ0) is 25.1. The summed E-state index contributed by atoms with van der Waals surface area (Å²) in [6, 6.07) is 3.84. The number of nitrogens with one attached hydrogen (secondary N) is 2. The van der Waals surface area contributed by atoms with Crippen molar-refractivity contribution in [3.8, 4) is 22.4 Å². The van der Waals surface area contributed by atoms with Gasteiger partial charge in [-0.05, 0) is 61.1 Å². The summed E-state index contributed by atoms with van der Waals surface area (Å²) in [5.74, 6) is -0.567. The van der Waals surface area contributed by atoms with Crippen LogP contribution in [-0.2, 0) is 7.05 Å². The molecule has 0 amide bonds. The highest BCUT2D eigenvalue weighted by Crippen LogP contribution is 2.48. The number of rotatable bonds is 4. The fourth-order valence-electron chi connectivity index (χ4n) is 6.37. The van der Waals surface area contributed by atoms with Crippen molar-refractivity contribution in [1.82, 2.24) is 14.5 Å². The van der Waals surface area contributed by atoms with Gasteiger partial charge in [0.05, 0.1) is 17.8 Å². The number of anilines is 1. The summed E-state index contributed by atoms with van der Waals surface area (Å²) < 4.78 is 46.6. The van der Waals surface area contributed by atoms with Crippen molar-refractivity contribution < 1.29 is 13.2 Å². The Balaban J connectivity index is 1.58. The van der Waals surface area contributed by atoms with Gasteiger partial charge in [0.15, 0.2) is 11.6 Å². The van der Waals surface area contributed by atoms with Crippen LogP contribution in [0.15, 0.2) is 36.8 Å². The van der Waals surface area contributed by atoms with Gasteiger partial charge in [-0.1, -0.05) is 6.92 Å². The van der Waals surface area contributed by atoms with Gasteiger partial charge in [0.2, 0.25) is 5.69 Å². The minimum absolute atomic E-state index is 0.00744. The SMILES string of the molecule is [C-]#[N+]c1c(-c2c[nH]c3c(F)cc(F)cc23)nc(N[C@H]2C3CCC(CC3)[C@@H]2C)c(F)c1-c1ccn(C)c1. The molecule has 0 spiro atoms. The molecule has 3 saturated carbocycles. The first-order chi connectivity index (χ1) is 17.4. The first-order valence-corrected chi connectivity index (χ1v) is 12.3. The second-order valence-corrected chi connectivity index (χ2v) is 10.2. The Morgan fingerprint density at radius 2 is 1.89 bits per heavy atom. The lowest BCUT2D eigenvalue weighted by atomic mass is 9.62. The maximum Gasteiger partial charge on any atom is 0.223 e. The maximum atomic E-state index is 16.2. The van der Waals surface area contributed by atoms with E-state index in [0.29, 0.717) is 28.9 Å². The highest BCUT2D eigenvalue weighted by Gasteiger charge is 2.42. The summed E-state index contributed by atoms with van der Waals surface area (Å²) in [5.41, 5.74) is 1.35. The van der Waals surface area contributed by atoms with Gasteiger partial charge in [-0.2, -0.15) is 0 Å². The lowest BCUT2D eigenvalue weighted by molar-refractivity contribution is 0.0926. The topological polar surface area (TPSA) is 50.0 Å². The first-order valence-electron chi connectivity index (χ1n) is 12.3. The molecule has 2 N–H and O–H groups in total. The average Bonchev–Trinajstić information content (AvgIpc) is 3.48. The number of halogens is 3. The summed E-state index contributed by atoms with van der Waals surface area (Å²) >= 11 is 0. The number of H-pyrrole nitrogens is 1. The molecule has 3 aliphatic carbocycles. The predicted molar refractivity (Wildman–Crippen MR) is 134 cm³/mol. The first kappa shape index (κ1) is 22.7. The van der Waals surface area contributed by atoms with Gasteiger partial charge < -0.3 is 14.9 Å². The van der Waals surface area contributed by atoms with E-state index in [1.54, 1.807) is 23.0 Å². The van der Waals surface area contributed by atoms with Crippen LogP contribution < -0.4 is 5.32 Å². The molecule has 7 rings (SSSR count). The molecule has 1 aromatic carbocycles. The molecule has 8 heteroatoms. The number of nitrogens with zero attached hydrogens (tertiary/aromatic N) is 3. The second-order valence-electron chi connectivity index (χ2n) is 10.2. The molecular formula is C28H26F3N5. The van der Waals surface area contributed by atoms with E-state index < -0.39 is 17.5 Å². The van der Waals surface area contributed by atoms with Crippen LogP contribution in [-0.4, -0.2) is 20.6 Å². The predicted octanol–water partition coefficient (Wildman–Crippen LogP) is 7.44. The molecule has 0 aliphatic heterocycles. The molecular weight excluding hydrogens is 463 g/mol. The van der Waals surface area contributed by atoms with E-state index in [4.69, 9.17) is 6.57 Å². The average molecular weight is 490 g/mol. The van der Waals surface area contributed by atoms with Crippen molar-refractivity contribution >= 4 is 22.4 Å². The van der Waals surface area contributed by atoms with E-state index in [-0.39, 0.29) is 39.7 Å². The third-order valence-corrected chi connectivity index (χ3v) is 8.24. The molecule has 5 nitrogen and oxygen atoms in total. The molecule has 3 fully saturated rings. The molecule has 3 aromatic heterocycles. The van der Waals surface area contributed by atoms with E-state index >= 15 is 4.39 Å². The fourth-order valence-corrected chi connectivity index (χ4v) is 6.37. The number of hydrogen-bond donors (Lipinski definition) is 2. The van der Waals surface area contributed by atoms with Crippen LogP contribution in [0.4, 0.5) is 24.7 Å². The van der Waals surface area contributed by atoms with Crippen molar-refractivity contribution in [3.63, 3.8) is 0 Å². The molecule has 0 unspecified atom stereocenters. The highest BCUT2D eigenvalue weighted by molar-refractivity contribution is 6.01. The summed E-state index contributed by atoms with van der Waals surface area (Å²) in [6.45, 7) is 10.1. The lowest BCUT2D eigenvalue weighted by Crippen LogP contribution is -2.47. The van der Waals surface area contributed by atoms with Crippen LogP contribution in [0.1, 0.15) is 32.6 Å². The van der Waals surface area contributed by atoms with E-state index in [0.717, 1.165) is 18.9 Å². The largest absolute Gasteiger partial charge is 0.364 e. The monoisotopic (exact) mass is 489 g/mol. The van der Waals surface area contributed by atoms with Gasteiger partial charge in [0, 0.05) is 54.3 Å². The third-order valence-electron chi connectivity index (χ3n) is 8.24. The molecule has 3 aliphatic rings. The number of fused-ring (bicyclic) bond motifs is 4. The van der Waals surface area contributed by atoms with E-state index in [1.165, 1.54) is 25.1 Å². The Kier molecular flexibility index (Phi) is 5.32. The summed E-state index contributed by atoms with van der Waals surface area (Å²) in [7, 11) is 1.83. The summed E-state index contributed by atoms with van der Waals surface area (Å²) in [6.07, 6.45) is 9.65. The molecule has 0 radical (unpaired) electrons. The lowest BCUT2D eigenvalue weighted by Gasteiger charge is -2.47. The van der Waals surface area contributed by atoms with Crippen LogP contribution in [0.3, 0.4) is 0 Å². The van der Waals surface area contributed by atoms with Gasteiger partial charge in [0.1, 0.15) is 11.6 Å². The maximum absolute atomic E-state index is 16.2. The van der Waals surface area contributed by atoms with Crippen LogP contribution in [0.2, 0.25) is 0 Å². The molecule has 2 atom stereocenters. The van der Waals surface area contributed by atoms with Crippen LogP contribution in [0.25, 0.3) is 38.1 Å². The van der Waals surface area contributed by atoms with Crippen LogP contribution in [0.5, 0.6) is 0 Å². The highest BCUT2D eigenvalue weighted by atomic mass is 19.1. The van der Waals surface area contributed by atoms with Gasteiger partial charge in [-0.3, -0.25) is 0 Å². The van der Waals surface area contributed by atoms with Crippen molar-refractivity contribution in [3.05, 3.63) is 65.7 Å². The molecule has 3 heterocycles. The van der Waals surface area contributed by atoms with E-state index in [9.17, 15) is 8.78 Å². The van der Waals surface area contributed by atoms with E-state index in [2.05, 4.69) is 27.1 Å². The van der Waals surface area contributed by atoms with Gasteiger partial charge in [-0.15, -0.1) is 0 Å². The fraction of sp³-hybridized carbons (Fsp3) is 0.357. The van der Waals surface area contributed by atoms with Gasteiger partial charge >= 0.3 is 0 Å². The van der Waals surface area contributed by atoms with E-state index in [1.807, 2.05) is 7.05 Å². The summed E-state index contributed by atoms with van der Waals surface area (Å²) in [4.78, 5) is 11.1. The minimum atomic E-state index is -0.739. The zero-order valence-corrected chi connectivity index (χ0v) is 20.1. The van der Waals surface area contributed by atoms with Crippen molar-refractivity contribution in [2.75, 3.05) is 5.32 Å². The normalized spacial score (nSPS) is 23.2. The molecule has 4 aromatic rings. The van der Waals surface area contributed by atoms with Gasteiger partial charge in [-0.25, -0.2) is 23.0 Å². The van der Waals surface area contributed by atoms with Crippen molar-refractivity contribution in [2.45, 2.75) is 38.6 Å². The number of pyridine rings is 1. The molecule has 2 bridgehead atoms. The second kappa shape index (κ2) is 8.44. The van der Waals surface area contributed by atoms with Crippen LogP contribution in [0, 0.1) is 41.8 Å². The third kappa shape index (κ3) is 3.48. The standard InChI is InChI=1S/C28H26F3N5/c1-14-15-4-6-16(7-5-15)24(14)34-28-23(31)22(17-8-9-36(3)13-17)27(32-2)26(35-28)20-12-33-25-19(20)10-18(29)11-21(25)30/h8-16,24,33H,4-7H2,1,3H3,(H,34,35)/t14-,15?,16?,24+/m0/s1. The molecule has 0 saturated heterocycles. The molecule has 184 valence electrons. The smallest absolute Gasteiger partial charge is 0.223 e. The number of benzene rings is 1. The Labute approximate surface area is 207 Å². The number of aromatic amines is 1. The Bertz CT molecular complexity index is 1520. The van der Waals surface area contributed by atoms with Crippen molar-refractivity contribution in [2.24, 2.45) is 24.8 Å². The minimum Gasteiger partial charge on any atom is -0.364 e. The Hall–Kier alpha value is -3.73. The quantitative estimate of drug-likeness (QED) is 0.293. The van der Waals surface area contributed by atoms with Crippen molar-refractivity contribution in [1.29, 1.82) is 0 Å². The number of aryl methyl sites for hydroxylation is 1.